The summed E-state index contributed by atoms with van der Waals surface area (Å²) < 4.78 is 11.0. The van der Waals surface area contributed by atoms with Crippen molar-refractivity contribution in [2.75, 3.05) is 20.3 Å². The Morgan fingerprint density at radius 2 is 2.00 bits per heavy atom. The predicted octanol–water partition coefficient (Wildman–Crippen LogP) is 3.95. The number of ether oxygens (including phenoxy) is 2. The van der Waals surface area contributed by atoms with Gasteiger partial charge in [-0.1, -0.05) is 23.7 Å². The zero-order chi connectivity index (χ0) is 21.3. The van der Waals surface area contributed by atoms with Gasteiger partial charge in [-0.3, -0.25) is 9.59 Å². The van der Waals surface area contributed by atoms with Crippen LogP contribution in [0.25, 0.3) is 5.76 Å². The number of Topliss-reactive ketones (excluding diaryl/α,β-unsaturated/α-hetero) is 1. The van der Waals surface area contributed by atoms with Crippen molar-refractivity contribution in [3.05, 3.63) is 70.3 Å². The van der Waals surface area contributed by atoms with Gasteiger partial charge in [0, 0.05) is 23.7 Å². The third-order valence-electron chi connectivity index (χ3n) is 5.49. The van der Waals surface area contributed by atoms with Gasteiger partial charge in [-0.2, -0.15) is 0 Å². The monoisotopic (exact) mass is 427 g/mol. The van der Waals surface area contributed by atoms with E-state index in [9.17, 15) is 14.7 Å². The van der Waals surface area contributed by atoms with Crippen LogP contribution >= 0.6 is 11.6 Å². The van der Waals surface area contributed by atoms with Crippen LogP contribution < -0.4 is 4.74 Å². The molecule has 4 rings (SSSR count). The molecular formula is C23H22ClNO5. The maximum Gasteiger partial charge on any atom is 0.295 e. The quantitative estimate of drug-likeness (QED) is 0.444. The summed E-state index contributed by atoms with van der Waals surface area (Å²) in [6.07, 6.45) is 1.61. The number of aliphatic hydroxyl groups excluding tert-OH is 1. The second-order valence-electron chi connectivity index (χ2n) is 7.37. The van der Waals surface area contributed by atoms with Crippen LogP contribution in [0.1, 0.15) is 30.0 Å². The molecular weight excluding hydrogens is 406 g/mol. The molecule has 156 valence electrons. The number of hydrogen-bond donors (Lipinski definition) is 1. The van der Waals surface area contributed by atoms with E-state index in [1.54, 1.807) is 49.6 Å². The molecule has 0 radical (unpaired) electrons. The second-order valence-corrected chi connectivity index (χ2v) is 7.81. The van der Waals surface area contributed by atoms with Crippen molar-refractivity contribution in [3.8, 4) is 5.75 Å². The minimum absolute atomic E-state index is 0.0496. The number of likely N-dealkylation sites (tertiary alicyclic amines) is 1. The lowest BCUT2D eigenvalue weighted by atomic mass is 9.95. The molecule has 30 heavy (non-hydrogen) atoms. The van der Waals surface area contributed by atoms with Gasteiger partial charge in [0.2, 0.25) is 0 Å². The van der Waals surface area contributed by atoms with Crippen molar-refractivity contribution in [3.63, 3.8) is 0 Å². The summed E-state index contributed by atoms with van der Waals surface area (Å²) >= 11 is 5.95. The SMILES string of the molecule is COc1cccc(C2C(=C(O)c3ccc(Cl)cc3)C(=O)C(=O)N2CC2CCCO2)c1. The van der Waals surface area contributed by atoms with Gasteiger partial charge in [0.15, 0.2) is 0 Å². The van der Waals surface area contributed by atoms with Crippen LogP contribution in [0.3, 0.4) is 0 Å². The Hall–Kier alpha value is -2.83. The van der Waals surface area contributed by atoms with Gasteiger partial charge in [0.05, 0.1) is 24.8 Å². The average molecular weight is 428 g/mol. The van der Waals surface area contributed by atoms with E-state index in [1.807, 2.05) is 6.07 Å². The van der Waals surface area contributed by atoms with E-state index in [4.69, 9.17) is 21.1 Å². The van der Waals surface area contributed by atoms with E-state index in [1.165, 1.54) is 4.90 Å². The molecule has 2 unspecified atom stereocenters. The topological polar surface area (TPSA) is 76.1 Å². The van der Waals surface area contributed by atoms with E-state index in [-0.39, 0.29) is 24.0 Å². The van der Waals surface area contributed by atoms with Crippen LogP contribution in [0.4, 0.5) is 0 Å². The minimum atomic E-state index is -0.736. The summed E-state index contributed by atoms with van der Waals surface area (Å²) in [5, 5.41) is 11.5. The van der Waals surface area contributed by atoms with Crippen LogP contribution in [-0.2, 0) is 14.3 Å². The largest absolute Gasteiger partial charge is 0.507 e. The van der Waals surface area contributed by atoms with Gasteiger partial charge in [0.1, 0.15) is 11.5 Å². The molecule has 2 aliphatic rings. The van der Waals surface area contributed by atoms with Crippen molar-refractivity contribution in [1.82, 2.24) is 4.90 Å². The zero-order valence-electron chi connectivity index (χ0n) is 16.5. The summed E-state index contributed by atoms with van der Waals surface area (Å²) in [5.41, 5.74) is 1.15. The third kappa shape index (κ3) is 3.80. The third-order valence-corrected chi connectivity index (χ3v) is 5.74. The van der Waals surface area contributed by atoms with Crippen LogP contribution in [0.2, 0.25) is 5.02 Å². The van der Waals surface area contributed by atoms with Gasteiger partial charge in [0.25, 0.3) is 11.7 Å². The van der Waals surface area contributed by atoms with Crippen molar-refractivity contribution in [2.45, 2.75) is 25.0 Å². The number of carbonyl (C=O) groups is 2. The number of hydrogen-bond acceptors (Lipinski definition) is 5. The molecule has 1 amide bonds. The fraction of sp³-hybridized carbons (Fsp3) is 0.304. The highest BCUT2D eigenvalue weighted by molar-refractivity contribution is 6.46. The summed E-state index contributed by atoms with van der Waals surface area (Å²) in [6, 6.07) is 12.9. The number of nitrogens with zero attached hydrogens (tertiary/aromatic N) is 1. The van der Waals surface area contributed by atoms with Crippen LogP contribution in [0, 0.1) is 0 Å². The Kier molecular flexibility index (Phi) is 5.79. The Morgan fingerprint density at radius 3 is 2.67 bits per heavy atom. The van der Waals surface area contributed by atoms with E-state index in [0.717, 1.165) is 12.8 Å². The maximum atomic E-state index is 13.0. The minimum Gasteiger partial charge on any atom is -0.507 e. The standard InChI is InChI=1S/C23H22ClNO5/c1-29-17-5-2-4-15(12-17)20-19(21(26)14-7-9-16(24)10-8-14)22(27)23(28)25(20)13-18-6-3-11-30-18/h2,4-5,7-10,12,18,20,26H,3,6,11,13H2,1H3. The highest BCUT2D eigenvalue weighted by Gasteiger charge is 2.47. The van der Waals surface area contributed by atoms with Gasteiger partial charge in [-0.15, -0.1) is 0 Å². The number of aliphatic hydroxyl groups is 1. The molecule has 0 bridgehead atoms. The molecule has 7 heteroatoms. The van der Waals surface area contributed by atoms with Crippen LogP contribution in [0.5, 0.6) is 5.75 Å². The molecule has 0 spiro atoms. The molecule has 2 aromatic carbocycles. The lowest BCUT2D eigenvalue weighted by Crippen LogP contribution is -2.36. The number of carbonyl (C=O) groups excluding carboxylic acids is 2. The summed E-state index contributed by atoms with van der Waals surface area (Å²) in [7, 11) is 1.55. The molecule has 0 aromatic heterocycles. The van der Waals surface area contributed by atoms with Crippen LogP contribution in [0.15, 0.2) is 54.1 Å². The molecule has 1 N–H and O–H groups in total. The van der Waals surface area contributed by atoms with Crippen molar-refractivity contribution >= 4 is 29.1 Å². The van der Waals surface area contributed by atoms with Crippen molar-refractivity contribution in [2.24, 2.45) is 0 Å². The Morgan fingerprint density at radius 1 is 1.23 bits per heavy atom. The van der Waals surface area contributed by atoms with Crippen LogP contribution in [-0.4, -0.2) is 48.1 Å². The molecule has 2 aromatic rings. The van der Waals surface area contributed by atoms with Gasteiger partial charge in [-0.25, -0.2) is 0 Å². The number of methoxy groups -OCH3 is 1. The number of benzene rings is 2. The fourth-order valence-electron chi connectivity index (χ4n) is 4.00. The molecule has 2 aliphatic heterocycles. The molecule has 2 fully saturated rings. The smallest absolute Gasteiger partial charge is 0.295 e. The molecule has 0 aliphatic carbocycles. The van der Waals surface area contributed by atoms with Gasteiger partial charge >= 0.3 is 0 Å². The highest BCUT2D eigenvalue weighted by Crippen LogP contribution is 2.41. The average Bonchev–Trinajstić information content (AvgIpc) is 3.36. The van der Waals surface area contributed by atoms with Crippen molar-refractivity contribution < 1.29 is 24.2 Å². The van der Waals surface area contributed by atoms with Gasteiger partial charge < -0.3 is 19.5 Å². The van der Waals surface area contributed by atoms with Crippen molar-refractivity contribution in [1.29, 1.82) is 0 Å². The molecule has 2 atom stereocenters. The van der Waals surface area contributed by atoms with E-state index in [0.29, 0.717) is 28.5 Å². The lowest BCUT2D eigenvalue weighted by Gasteiger charge is -2.27. The molecule has 2 saturated heterocycles. The number of ketones is 1. The lowest BCUT2D eigenvalue weighted by molar-refractivity contribution is -0.140. The van der Waals surface area contributed by atoms with E-state index < -0.39 is 17.7 Å². The number of halogens is 1. The zero-order valence-corrected chi connectivity index (χ0v) is 17.3. The molecule has 2 heterocycles. The van der Waals surface area contributed by atoms with E-state index in [2.05, 4.69) is 0 Å². The summed E-state index contributed by atoms with van der Waals surface area (Å²) in [5.74, 6) is -0.989. The summed E-state index contributed by atoms with van der Waals surface area (Å²) in [4.78, 5) is 27.5. The molecule has 6 nitrogen and oxygen atoms in total. The Bertz CT molecular complexity index is 995. The van der Waals surface area contributed by atoms with Gasteiger partial charge in [-0.05, 0) is 54.8 Å². The first kappa shape index (κ1) is 20.4. The fourth-order valence-corrected chi connectivity index (χ4v) is 4.12. The predicted molar refractivity (Wildman–Crippen MR) is 112 cm³/mol. The van der Waals surface area contributed by atoms with E-state index >= 15 is 0 Å². The number of rotatable bonds is 5. The normalized spacial score (nSPS) is 23.2. The first-order valence-corrected chi connectivity index (χ1v) is 10.2. The number of amides is 1. The highest BCUT2D eigenvalue weighted by atomic mass is 35.5. The first-order chi connectivity index (χ1) is 14.5. The Balaban J connectivity index is 1.83. The Labute approximate surface area is 179 Å². The molecule has 0 saturated carbocycles. The maximum absolute atomic E-state index is 13.0. The first-order valence-electron chi connectivity index (χ1n) is 9.79. The summed E-state index contributed by atoms with van der Waals surface area (Å²) in [6.45, 7) is 0.924. The second kappa shape index (κ2) is 8.50.